The van der Waals surface area contributed by atoms with Crippen molar-refractivity contribution in [2.75, 3.05) is 54.2 Å². The largest absolute Gasteiger partial charge is 0.477 e. The third kappa shape index (κ3) is 25.0. The van der Waals surface area contributed by atoms with E-state index in [1.54, 1.807) is 44.0 Å². The van der Waals surface area contributed by atoms with Crippen LogP contribution in [0.5, 0.6) is 0 Å². The summed E-state index contributed by atoms with van der Waals surface area (Å²) < 4.78 is 100. The summed E-state index contributed by atoms with van der Waals surface area (Å²) in [6.07, 6.45) is 0.990. The molecule has 6 N–H and O–H groups in total. The number of fused-ring (bicyclic) bond motifs is 4. The van der Waals surface area contributed by atoms with Crippen molar-refractivity contribution in [1.29, 1.82) is 0 Å². The molecule has 0 aromatic heterocycles. The van der Waals surface area contributed by atoms with Gasteiger partial charge in [-0.05, 0) is 117 Å². The van der Waals surface area contributed by atoms with Crippen LogP contribution in [0.3, 0.4) is 0 Å². The lowest BCUT2D eigenvalue weighted by atomic mass is 10.0. The number of amides is 6. The first kappa shape index (κ1) is 67.7. The highest BCUT2D eigenvalue weighted by Crippen LogP contribution is 2.35. The summed E-state index contributed by atoms with van der Waals surface area (Å²) in [7, 11) is 4.72. The Morgan fingerprint density at radius 3 is 1.38 bits per heavy atom. The van der Waals surface area contributed by atoms with Gasteiger partial charge in [-0.15, -0.1) is 0 Å². The molecule has 0 aliphatic carbocycles. The van der Waals surface area contributed by atoms with E-state index in [0.29, 0.717) is 68.4 Å². The van der Waals surface area contributed by atoms with Crippen molar-refractivity contribution in [2.24, 2.45) is 11.5 Å². The number of carbonyl (C=O) groups is 7. The van der Waals surface area contributed by atoms with E-state index in [9.17, 15) is 70.2 Å². The highest BCUT2D eigenvalue weighted by Gasteiger charge is 2.55. The molecule has 4 rings (SSSR count). The van der Waals surface area contributed by atoms with Gasteiger partial charge in [-0.2, -0.15) is 36.2 Å². The van der Waals surface area contributed by atoms with Crippen LogP contribution in [0.4, 0.5) is 35.9 Å². The van der Waals surface area contributed by atoms with Gasteiger partial charge >= 0.3 is 45.0 Å². The lowest BCUT2D eigenvalue weighted by Gasteiger charge is -2.29. The van der Waals surface area contributed by atoms with E-state index in [1.165, 1.54) is 25.9 Å². The van der Waals surface area contributed by atoms with Crippen molar-refractivity contribution in [1.82, 2.24) is 19.9 Å². The number of urea groups is 2. The summed E-state index contributed by atoms with van der Waals surface area (Å²) in [4.78, 5) is 77.8. The van der Waals surface area contributed by atoms with Gasteiger partial charge in [-0.1, -0.05) is 0 Å². The maximum Gasteiger partial charge on any atom is 0.477 e. The second kappa shape index (κ2) is 29.5. The monoisotopic (exact) mass is 1190 g/mol. The van der Waals surface area contributed by atoms with Crippen molar-refractivity contribution in [2.45, 2.75) is 162 Å². The molecule has 0 radical (unpaired) electrons. The van der Waals surface area contributed by atoms with Crippen LogP contribution in [0.25, 0.3) is 0 Å². The van der Waals surface area contributed by atoms with Crippen LogP contribution >= 0.6 is 43.5 Å². The van der Waals surface area contributed by atoms with E-state index in [2.05, 4.69) is 21.2 Å². The SMILES string of the molecule is COCCCC(C)(C)O.COCCCC(C)(C)OC(=O)C(F)(F)Br.COCCCC(C)(C)OC(=O)C(F)(F)ON1C(=O)N2C[C@H]1CC[C@H]2C(N)=O.NC(=O)[C@@H]1CC[C@@H]2CN1C(=O)N2O.O=C(Cl)C(F)(F)Br. The predicted octanol–water partition coefficient (Wildman–Crippen LogP) is 5.79. The van der Waals surface area contributed by atoms with E-state index in [0.717, 1.165) is 24.3 Å². The standard InChI is InChI=1S/C16H25F2N3O6.C9H15BrF2O3.C7H11N3O3.C7H16O2.C2BrClF2O/c1-15(2,7-4-8-25-3)26-13(23)16(17,18)27-21-10-5-6-11(12(19)22)20(9-10)14(21)24;1-8(2,5-4-6-14-3)15-7(13)9(10,11)12;8-6(11)5-2-1-4-3-9(5)7(12)10(4)13;1-7(2,8)5-4-6-9-3;3-2(5,6)1(4)7/h10-11H,4-9H2,1-3H3,(H2,19,22);4-6H2,1-3H3;4-5,13H,1-3H2,(H2,8,11);8H,4-6H2,1-3H3;/t10-,11+;;4-,5+;;/m1.1../s1. The second-order valence-corrected chi connectivity index (χ2v) is 20.5. The highest BCUT2D eigenvalue weighted by atomic mass is 79.9. The van der Waals surface area contributed by atoms with Gasteiger partial charge in [-0.25, -0.2) is 24.2 Å². The Kier molecular flexibility index (Phi) is 28.2. The number of hydroxylamine groups is 4. The Bertz CT molecular complexity index is 1760. The molecular weight excluding hydrogens is 1130 g/mol. The molecule has 4 bridgehead atoms. The molecule has 21 nitrogen and oxygen atoms in total. The van der Waals surface area contributed by atoms with Crippen molar-refractivity contribution in [3.63, 3.8) is 0 Å². The quantitative estimate of drug-likeness (QED) is 0.0264. The van der Waals surface area contributed by atoms with E-state index in [1.807, 2.05) is 29.8 Å². The minimum atomic E-state index is -4.35. The number of hydrogen-bond acceptors (Lipinski definition) is 15. The number of ether oxygens (including phenoxy) is 5. The molecule has 414 valence electrons. The summed E-state index contributed by atoms with van der Waals surface area (Å²) >= 11 is 7.99. The fraction of sp³-hybridized carbons (Fsp3) is 0.829. The number of methoxy groups -OCH3 is 3. The number of halogens is 9. The van der Waals surface area contributed by atoms with Crippen LogP contribution in [0, 0.1) is 0 Å². The molecule has 4 saturated heterocycles. The average molecular weight is 1190 g/mol. The Morgan fingerprint density at radius 1 is 0.648 bits per heavy atom. The molecule has 4 heterocycles. The molecule has 71 heavy (non-hydrogen) atoms. The number of carbonyl (C=O) groups excluding carboxylic acids is 7. The average Bonchev–Trinajstić information content (AvgIpc) is 3.58. The molecule has 0 spiro atoms. The second-order valence-electron chi connectivity index (χ2n) is 18.1. The van der Waals surface area contributed by atoms with Gasteiger partial charge in [0.2, 0.25) is 11.8 Å². The Morgan fingerprint density at radius 2 is 1.01 bits per heavy atom. The number of rotatable bonds is 21. The molecule has 0 aromatic rings. The molecule has 4 fully saturated rings. The summed E-state index contributed by atoms with van der Waals surface area (Å²) in [6, 6.07) is -3.70. The molecule has 0 aromatic carbocycles. The molecular formula is C41H67Br2ClF6N6O15. The maximum atomic E-state index is 14.2. The maximum absolute atomic E-state index is 14.2. The van der Waals surface area contributed by atoms with Crippen molar-refractivity contribution in [3.8, 4) is 0 Å². The number of alkyl halides is 8. The van der Waals surface area contributed by atoms with Gasteiger partial charge in [0.25, 0.3) is 0 Å². The number of piperidine rings is 2. The number of nitrogens with two attached hydrogens (primary N) is 2. The summed E-state index contributed by atoms with van der Waals surface area (Å²) in [5.41, 5.74) is 7.76. The molecule has 6 amide bonds. The van der Waals surface area contributed by atoms with Crippen LogP contribution in [0.15, 0.2) is 0 Å². The first-order valence-corrected chi connectivity index (χ1v) is 23.8. The van der Waals surface area contributed by atoms with Crippen molar-refractivity contribution >= 4 is 84.5 Å². The fourth-order valence-electron chi connectivity index (χ4n) is 6.81. The van der Waals surface area contributed by atoms with E-state index < -0.39 is 91.8 Å². The third-order valence-electron chi connectivity index (χ3n) is 10.4. The predicted molar refractivity (Wildman–Crippen MR) is 246 cm³/mol. The number of aliphatic hydroxyl groups is 1. The third-order valence-corrected chi connectivity index (χ3v) is 11.5. The van der Waals surface area contributed by atoms with Crippen molar-refractivity contribution in [3.05, 3.63) is 0 Å². The lowest BCUT2D eigenvalue weighted by Crippen LogP contribution is -2.48. The number of esters is 2. The Balaban J connectivity index is 0.000000945. The Labute approximate surface area is 429 Å². The van der Waals surface area contributed by atoms with Crippen LogP contribution in [0.2, 0.25) is 0 Å². The number of hydrogen-bond donors (Lipinski definition) is 4. The van der Waals surface area contributed by atoms with E-state index >= 15 is 0 Å². The lowest BCUT2D eigenvalue weighted by molar-refractivity contribution is -0.332. The van der Waals surface area contributed by atoms with E-state index in [4.69, 9.17) is 30.4 Å². The molecule has 0 saturated carbocycles. The molecule has 4 aliphatic heterocycles. The van der Waals surface area contributed by atoms with E-state index in [-0.39, 0.29) is 25.4 Å². The fourth-order valence-corrected chi connectivity index (χ4v) is 6.89. The number of primary amides is 2. The highest BCUT2D eigenvalue weighted by molar-refractivity contribution is 9.10. The summed E-state index contributed by atoms with van der Waals surface area (Å²) in [5.74, 6) is -4.67. The Hall–Kier alpha value is -3.32. The zero-order valence-corrected chi connectivity index (χ0v) is 44.9. The molecule has 30 heteroatoms. The van der Waals surface area contributed by atoms with Crippen LogP contribution < -0.4 is 11.5 Å². The van der Waals surface area contributed by atoms with Crippen LogP contribution in [0.1, 0.15) is 106 Å². The van der Waals surface area contributed by atoms with Crippen LogP contribution in [-0.4, -0.2) is 182 Å². The smallest absolute Gasteiger partial charge is 0.455 e. The number of nitrogens with zero attached hydrogens (tertiary/aromatic N) is 4. The van der Waals surface area contributed by atoms with Gasteiger partial charge in [0.1, 0.15) is 23.3 Å². The van der Waals surface area contributed by atoms with Gasteiger partial charge < -0.3 is 50.1 Å². The zero-order chi connectivity index (χ0) is 55.5. The minimum absolute atomic E-state index is 0.0279. The van der Waals surface area contributed by atoms with Gasteiger partial charge in [0.05, 0.1) is 17.7 Å². The summed E-state index contributed by atoms with van der Waals surface area (Å²) in [6.45, 7) is 11.8. The summed E-state index contributed by atoms with van der Waals surface area (Å²) in [5, 5.41) is 17.9. The molecule has 4 aliphatic rings. The minimum Gasteiger partial charge on any atom is -0.455 e. The van der Waals surface area contributed by atoms with Gasteiger partial charge in [0, 0.05) is 86.1 Å². The van der Waals surface area contributed by atoms with Gasteiger partial charge in [0.15, 0.2) is 0 Å². The van der Waals surface area contributed by atoms with Crippen molar-refractivity contribution < 1.29 is 98.7 Å². The van der Waals surface area contributed by atoms with Gasteiger partial charge in [-0.3, -0.25) is 19.6 Å². The first-order chi connectivity index (χ1) is 32.3. The zero-order valence-electron chi connectivity index (χ0n) is 41.0. The molecule has 4 atom stereocenters. The topological polar surface area (TPSA) is 280 Å². The normalized spacial score (nSPS) is 20.0. The molecule has 0 unspecified atom stereocenters. The first-order valence-electron chi connectivity index (χ1n) is 21.8. The van der Waals surface area contributed by atoms with Crippen LogP contribution in [-0.2, 0) is 52.5 Å².